The minimum absolute atomic E-state index is 0.732. The molecular formula is C14H24N2S2. The lowest BCUT2D eigenvalue weighted by atomic mass is 10.2. The maximum Gasteiger partial charge on any atom is 0.0328 e. The van der Waals surface area contributed by atoms with Crippen molar-refractivity contribution >= 4 is 23.1 Å². The van der Waals surface area contributed by atoms with E-state index in [0.29, 0.717) is 0 Å². The molecule has 0 aliphatic carbocycles. The minimum atomic E-state index is 0.732. The largest absolute Gasteiger partial charge is 0.312 e. The third kappa shape index (κ3) is 4.92. The van der Waals surface area contributed by atoms with Crippen LogP contribution in [-0.4, -0.2) is 36.0 Å². The van der Waals surface area contributed by atoms with Crippen LogP contribution >= 0.6 is 23.1 Å². The van der Waals surface area contributed by atoms with Crippen LogP contribution < -0.4 is 5.32 Å². The SMILES string of the molecule is CC(C)CNCc1ccc(CN2CCSCC2)s1. The quantitative estimate of drug-likeness (QED) is 0.864. The zero-order chi connectivity index (χ0) is 12.8. The molecule has 18 heavy (non-hydrogen) atoms. The molecular weight excluding hydrogens is 260 g/mol. The summed E-state index contributed by atoms with van der Waals surface area (Å²) in [4.78, 5) is 5.56. The van der Waals surface area contributed by atoms with Gasteiger partial charge >= 0.3 is 0 Å². The van der Waals surface area contributed by atoms with E-state index in [1.807, 2.05) is 11.3 Å². The van der Waals surface area contributed by atoms with Crippen molar-refractivity contribution < 1.29 is 0 Å². The second kappa shape index (κ2) is 7.53. The zero-order valence-electron chi connectivity index (χ0n) is 11.4. The molecule has 0 atom stereocenters. The normalized spacial score (nSPS) is 17.5. The van der Waals surface area contributed by atoms with Crippen LogP contribution in [0.25, 0.3) is 0 Å². The molecule has 1 N–H and O–H groups in total. The molecule has 0 aromatic carbocycles. The monoisotopic (exact) mass is 284 g/mol. The van der Waals surface area contributed by atoms with E-state index in [0.717, 1.165) is 25.6 Å². The van der Waals surface area contributed by atoms with E-state index < -0.39 is 0 Å². The lowest BCUT2D eigenvalue weighted by Gasteiger charge is -2.25. The Labute approximate surface area is 119 Å². The Bertz CT molecular complexity index is 343. The van der Waals surface area contributed by atoms with E-state index in [4.69, 9.17) is 0 Å². The van der Waals surface area contributed by atoms with Gasteiger partial charge in [-0.2, -0.15) is 11.8 Å². The van der Waals surface area contributed by atoms with Gasteiger partial charge in [0.05, 0.1) is 0 Å². The maximum atomic E-state index is 3.51. The number of nitrogens with zero attached hydrogens (tertiary/aromatic N) is 1. The first kappa shape index (κ1) is 14.4. The van der Waals surface area contributed by atoms with Crippen molar-refractivity contribution in [3.05, 3.63) is 21.9 Å². The first-order valence-corrected chi connectivity index (χ1v) is 8.79. The highest BCUT2D eigenvalue weighted by molar-refractivity contribution is 7.99. The number of thioether (sulfide) groups is 1. The van der Waals surface area contributed by atoms with Gasteiger partial charge in [-0.25, -0.2) is 0 Å². The Morgan fingerprint density at radius 2 is 1.94 bits per heavy atom. The molecule has 0 saturated carbocycles. The summed E-state index contributed by atoms with van der Waals surface area (Å²) < 4.78 is 0. The van der Waals surface area contributed by atoms with E-state index in [1.165, 1.54) is 34.3 Å². The summed E-state index contributed by atoms with van der Waals surface area (Å²) in [6.45, 7) is 10.3. The molecule has 0 spiro atoms. The van der Waals surface area contributed by atoms with Crippen LogP contribution in [0.4, 0.5) is 0 Å². The van der Waals surface area contributed by atoms with Gasteiger partial charge in [-0.1, -0.05) is 13.8 Å². The van der Waals surface area contributed by atoms with Crippen molar-refractivity contribution in [1.82, 2.24) is 10.2 Å². The highest BCUT2D eigenvalue weighted by Crippen LogP contribution is 2.20. The van der Waals surface area contributed by atoms with Crippen molar-refractivity contribution in [2.75, 3.05) is 31.1 Å². The van der Waals surface area contributed by atoms with Gasteiger partial charge in [0.1, 0.15) is 0 Å². The van der Waals surface area contributed by atoms with Crippen LogP contribution in [0.1, 0.15) is 23.6 Å². The first-order chi connectivity index (χ1) is 8.74. The van der Waals surface area contributed by atoms with Crippen molar-refractivity contribution in [2.24, 2.45) is 5.92 Å². The summed E-state index contributed by atoms with van der Waals surface area (Å²) in [5.74, 6) is 3.33. The average molecular weight is 284 g/mol. The Morgan fingerprint density at radius 1 is 1.22 bits per heavy atom. The van der Waals surface area contributed by atoms with Crippen LogP contribution in [-0.2, 0) is 13.1 Å². The van der Waals surface area contributed by atoms with Crippen LogP contribution in [0, 0.1) is 5.92 Å². The van der Waals surface area contributed by atoms with Gasteiger partial charge in [0, 0.05) is 47.4 Å². The van der Waals surface area contributed by atoms with Crippen LogP contribution in [0.15, 0.2) is 12.1 Å². The van der Waals surface area contributed by atoms with Crippen LogP contribution in [0.3, 0.4) is 0 Å². The molecule has 4 heteroatoms. The molecule has 1 aliphatic rings. The molecule has 0 amide bonds. The summed E-state index contributed by atoms with van der Waals surface area (Å²) in [5, 5.41) is 3.51. The molecule has 1 aliphatic heterocycles. The van der Waals surface area contributed by atoms with Crippen molar-refractivity contribution in [2.45, 2.75) is 26.9 Å². The Balaban J connectivity index is 1.74. The minimum Gasteiger partial charge on any atom is -0.312 e. The van der Waals surface area contributed by atoms with E-state index in [9.17, 15) is 0 Å². The number of hydrogen-bond donors (Lipinski definition) is 1. The molecule has 0 bridgehead atoms. The molecule has 2 heterocycles. The van der Waals surface area contributed by atoms with Crippen molar-refractivity contribution in [3.63, 3.8) is 0 Å². The highest BCUT2D eigenvalue weighted by atomic mass is 32.2. The van der Waals surface area contributed by atoms with Crippen molar-refractivity contribution in [1.29, 1.82) is 0 Å². The molecule has 1 aromatic rings. The van der Waals surface area contributed by atoms with Gasteiger partial charge in [-0.3, -0.25) is 4.90 Å². The fourth-order valence-corrected chi connectivity index (χ4v) is 4.08. The predicted molar refractivity (Wildman–Crippen MR) is 83.5 cm³/mol. The van der Waals surface area contributed by atoms with Gasteiger partial charge in [0.2, 0.25) is 0 Å². The van der Waals surface area contributed by atoms with Crippen LogP contribution in [0.2, 0.25) is 0 Å². The lowest BCUT2D eigenvalue weighted by molar-refractivity contribution is 0.297. The number of rotatable bonds is 6. The fourth-order valence-electron chi connectivity index (χ4n) is 2.07. The van der Waals surface area contributed by atoms with Gasteiger partial charge in [-0.15, -0.1) is 11.3 Å². The highest BCUT2D eigenvalue weighted by Gasteiger charge is 2.11. The third-order valence-corrected chi connectivity index (χ3v) is 5.06. The van der Waals surface area contributed by atoms with Gasteiger partial charge in [0.25, 0.3) is 0 Å². The van der Waals surface area contributed by atoms with E-state index >= 15 is 0 Å². The molecule has 1 fully saturated rings. The van der Waals surface area contributed by atoms with E-state index in [-0.39, 0.29) is 0 Å². The smallest absolute Gasteiger partial charge is 0.0328 e. The zero-order valence-corrected chi connectivity index (χ0v) is 13.1. The van der Waals surface area contributed by atoms with Crippen molar-refractivity contribution in [3.8, 4) is 0 Å². The topological polar surface area (TPSA) is 15.3 Å². The number of hydrogen-bond acceptors (Lipinski definition) is 4. The molecule has 0 radical (unpaired) electrons. The average Bonchev–Trinajstić information content (AvgIpc) is 2.78. The molecule has 102 valence electrons. The predicted octanol–water partition coefficient (Wildman–Crippen LogP) is 3.04. The third-order valence-electron chi connectivity index (χ3n) is 3.05. The Kier molecular flexibility index (Phi) is 6.02. The molecule has 0 unspecified atom stereocenters. The molecule has 1 aromatic heterocycles. The first-order valence-electron chi connectivity index (χ1n) is 6.82. The summed E-state index contributed by atoms with van der Waals surface area (Å²) in [7, 11) is 0. The maximum absolute atomic E-state index is 3.51. The molecule has 1 saturated heterocycles. The second-order valence-electron chi connectivity index (χ2n) is 5.28. The fraction of sp³-hybridized carbons (Fsp3) is 0.714. The summed E-state index contributed by atoms with van der Waals surface area (Å²) >= 11 is 4.05. The van der Waals surface area contributed by atoms with E-state index in [2.05, 4.69) is 48.0 Å². The number of nitrogens with one attached hydrogen (secondary N) is 1. The van der Waals surface area contributed by atoms with E-state index in [1.54, 1.807) is 0 Å². The van der Waals surface area contributed by atoms with Crippen LogP contribution in [0.5, 0.6) is 0 Å². The van der Waals surface area contributed by atoms with Gasteiger partial charge in [0.15, 0.2) is 0 Å². The summed E-state index contributed by atoms with van der Waals surface area (Å²) in [6, 6.07) is 4.59. The Hall–Kier alpha value is -0.0300. The summed E-state index contributed by atoms with van der Waals surface area (Å²) in [5.41, 5.74) is 0. The molecule has 2 rings (SSSR count). The lowest BCUT2D eigenvalue weighted by Crippen LogP contribution is -2.31. The van der Waals surface area contributed by atoms with Gasteiger partial charge < -0.3 is 5.32 Å². The standard InChI is InChI=1S/C14H24N2S2/c1-12(2)9-15-10-13-3-4-14(18-13)11-16-5-7-17-8-6-16/h3-4,12,15H,5-11H2,1-2H3. The Morgan fingerprint density at radius 3 is 2.67 bits per heavy atom. The molecule has 2 nitrogen and oxygen atoms in total. The second-order valence-corrected chi connectivity index (χ2v) is 7.76. The summed E-state index contributed by atoms with van der Waals surface area (Å²) in [6.07, 6.45) is 0. The van der Waals surface area contributed by atoms with Gasteiger partial charge in [-0.05, 0) is 24.6 Å². The number of thiophene rings is 1.